The summed E-state index contributed by atoms with van der Waals surface area (Å²) in [6.07, 6.45) is 3.11. The van der Waals surface area contributed by atoms with Gasteiger partial charge in [0.05, 0.1) is 12.9 Å². The van der Waals surface area contributed by atoms with Crippen LogP contribution in [0.3, 0.4) is 0 Å². The summed E-state index contributed by atoms with van der Waals surface area (Å²) in [5, 5.41) is 0. The summed E-state index contributed by atoms with van der Waals surface area (Å²) < 4.78 is 11.9. The molecule has 5 heteroatoms. The topological polar surface area (TPSA) is 34.1 Å². The zero-order valence-electron chi connectivity index (χ0n) is 11.4. The van der Waals surface area contributed by atoms with E-state index in [-0.39, 0.29) is 0 Å². The van der Waals surface area contributed by atoms with Gasteiger partial charge in [-0.1, -0.05) is 6.92 Å². The second-order valence-corrected chi connectivity index (χ2v) is 7.90. The van der Waals surface area contributed by atoms with E-state index in [4.69, 9.17) is 8.85 Å². The average molecular weight is 258 g/mol. The monoisotopic (exact) mass is 258 g/mol. The van der Waals surface area contributed by atoms with E-state index in [2.05, 4.69) is 30.7 Å². The first kappa shape index (κ1) is 14.7. The standard InChI is InChI=1S/C12H26N2O2Si/c1-4-15-17(6-3,16-5-2)11-7-9-14-10-8-13-12-14/h12H,4-11H2,1-3H3. The quantitative estimate of drug-likeness (QED) is 0.595. The molecule has 0 N–H and O–H groups in total. The SMILES string of the molecule is CCO[Si](CC)(CCCN1C=NCC1)OCC. The number of aliphatic imine (C=N–C) groups is 1. The van der Waals surface area contributed by atoms with Crippen molar-refractivity contribution in [3.63, 3.8) is 0 Å². The van der Waals surface area contributed by atoms with Crippen molar-refractivity contribution >= 4 is 14.9 Å². The first-order valence-corrected chi connectivity index (χ1v) is 9.01. The molecule has 0 amide bonds. The lowest BCUT2D eigenvalue weighted by atomic mass is 10.4. The largest absolute Gasteiger partial charge is 0.394 e. The van der Waals surface area contributed by atoms with E-state index < -0.39 is 8.56 Å². The van der Waals surface area contributed by atoms with Gasteiger partial charge in [0.25, 0.3) is 0 Å². The second-order valence-electron chi connectivity index (χ2n) is 4.29. The molecule has 17 heavy (non-hydrogen) atoms. The lowest BCUT2D eigenvalue weighted by Crippen LogP contribution is -2.42. The molecule has 0 atom stereocenters. The summed E-state index contributed by atoms with van der Waals surface area (Å²) in [5.41, 5.74) is 0. The molecule has 0 aromatic heterocycles. The maximum absolute atomic E-state index is 5.95. The fraction of sp³-hybridized carbons (Fsp3) is 0.917. The summed E-state index contributed by atoms with van der Waals surface area (Å²) >= 11 is 0. The van der Waals surface area contributed by atoms with Crippen molar-refractivity contribution < 1.29 is 8.85 Å². The summed E-state index contributed by atoms with van der Waals surface area (Å²) in [5.74, 6) is 0. The van der Waals surface area contributed by atoms with E-state index >= 15 is 0 Å². The molecule has 0 saturated carbocycles. The fourth-order valence-corrected chi connectivity index (χ4v) is 5.11. The summed E-state index contributed by atoms with van der Waals surface area (Å²) in [6, 6.07) is 2.14. The van der Waals surface area contributed by atoms with Crippen molar-refractivity contribution in [1.29, 1.82) is 0 Å². The zero-order chi connectivity index (χ0) is 12.6. The van der Waals surface area contributed by atoms with Crippen LogP contribution in [0, 0.1) is 0 Å². The van der Waals surface area contributed by atoms with Crippen molar-refractivity contribution in [2.24, 2.45) is 4.99 Å². The molecule has 1 aliphatic rings. The molecule has 0 fully saturated rings. The van der Waals surface area contributed by atoms with Crippen LogP contribution in [-0.2, 0) is 8.85 Å². The highest BCUT2D eigenvalue weighted by Gasteiger charge is 2.34. The molecule has 0 aliphatic carbocycles. The number of hydrogen-bond donors (Lipinski definition) is 0. The minimum Gasteiger partial charge on any atom is -0.394 e. The molecule has 0 unspecified atom stereocenters. The van der Waals surface area contributed by atoms with Gasteiger partial charge in [0.15, 0.2) is 0 Å². The van der Waals surface area contributed by atoms with Gasteiger partial charge >= 0.3 is 8.56 Å². The number of rotatable bonds is 9. The predicted octanol–water partition coefficient (Wildman–Crippen LogP) is 2.26. The van der Waals surface area contributed by atoms with Gasteiger partial charge in [-0.25, -0.2) is 0 Å². The van der Waals surface area contributed by atoms with Crippen LogP contribution in [0.4, 0.5) is 0 Å². The summed E-state index contributed by atoms with van der Waals surface area (Å²) in [4.78, 5) is 6.51. The van der Waals surface area contributed by atoms with E-state index in [1.807, 2.05) is 6.34 Å². The van der Waals surface area contributed by atoms with Gasteiger partial charge in [-0.15, -0.1) is 0 Å². The van der Waals surface area contributed by atoms with E-state index in [9.17, 15) is 0 Å². The Morgan fingerprint density at radius 3 is 2.41 bits per heavy atom. The fourth-order valence-electron chi connectivity index (χ4n) is 2.23. The van der Waals surface area contributed by atoms with Gasteiger partial charge in [0.2, 0.25) is 0 Å². The summed E-state index contributed by atoms with van der Waals surface area (Å²) in [6.45, 7) is 11.0. The van der Waals surface area contributed by atoms with Crippen molar-refractivity contribution in [2.75, 3.05) is 32.8 Å². The smallest absolute Gasteiger partial charge is 0.337 e. The van der Waals surface area contributed by atoms with E-state index in [0.717, 1.165) is 51.4 Å². The Morgan fingerprint density at radius 2 is 1.94 bits per heavy atom. The van der Waals surface area contributed by atoms with Gasteiger partial charge in [0, 0.05) is 26.3 Å². The Kier molecular flexibility index (Phi) is 6.77. The van der Waals surface area contributed by atoms with E-state index in [0.29, 0.717) is 0 Å². The third-order valence-corrected chi connectivity index (χ3v) is 6.94. The second kappa shape index (κ2) is 7.84. The molecule has 4 nitrogen and oxygen atoms in total. The molecule has 1 rings (SSSR count). The Labute approximate surface area is 106 Å². The molecular weight excluding hydrogens is 232 g/mol. The van der Waals surface area contributed by atoms with Gasteiger partial charge in [0.1, 0.15) is 0 Å². The molecule has 0 saturated heterocycles. The zero-order valence-corrected chi connectivity index (χ0v) is 12.4. The Morgan fingerprint density at radius 1 is 1.24 bits per heavy atom. The molecule has 0 bridgehead atoms. The van der Waals surface area contributed by atoms with Crippen LogP contribution >= 0.6 is 0 Å². The number of hydrogen-bond acceptors (Lipinski definition) is 4. The minimum atomic E-state index is -1.91. The Bertz CT molecular complexity index is 231. The molecular formula is C12H26N2O2Si. The minimum absolute atomic E-state index is 0.769. The molecule has 0 aromatic rings. The first-order valence-electron chi connectivity index (χ1n) is 6.78. The Hall–Kier alpha value is -0.393. The van der Waals surface area contributed by atoms with Crippen LogP contribution < -0.4 is 0 Å². The van der Waals surface area contributed by atoms with Crippen LogP contribution in [0.1, 0.15) is 27.2 Å². The van der Waals surface area contributed by atoms with Crippen LogP contribution in [0.5, 0.6) is 0 Å². The molecule has 0 aromatic carbocycles. The first-order chi connectivity index (χ1) is 8.26. The van der Waals surface area contributed by atoms with Gasteiger partial charge in [-0.05, 0) is 32.4 Å². The highest BCUT2D eigenvalue weighted by molar-refractivity contribution is 6.67. The highest BCUT2D eigenvalue weighted by Crippen LogP contribution is 2.21. The molecule has 1 aliphatic heterocycles. The maximum atomic E-state index is 5.95. The van der Waals surface area contributed by atoms with Crippen LogP contribution in [0.2, 0.25) is 12.1 Å². The van der Waals surface area contributed by atoms with Crippen molar-refractivity contribution in [3.05, 3.63) is 0 Å². The third-order valence-electron chi connectivity index (χ3n) is 3.12. The lowest BCUT2D eigenvalue weighted by molar-refractivity contribution is 0.182. The van der Waals surface area contributed by atoms with Gasteiger partial charge in [-0.2, -0.15) is 0 Å². The van der Waals surface area contributed by atoms with Crippen LogP contribution in [0.15, 0.2) is 4.99 Å². The van der Waals surface area contributed by atoms with Crippen LogP contribution in [-0.4, -0.2) is 52.6 Å². The average Bonchev–Trinajstić information content (AvgIpc) is 2.82. The lowest BCUT2D eigenvalue weighted by Gasteiger charge is -2.29. The predicted molar refractivity (Wildman–Crippen MR) is 73.8 cm³/mol. The van der Waals surface area contributed by atoms with Crippen molar-refractivity contribution in [3.8, 4) is 0 Å². The maximum Gasteiger partial charge on any atom is 0.337 e. The van der Waals surface area contributed by atoms with Gasteiger partial charge in [-0.3, -0.25) is 4.99 Å². The highest BCUT2D eigenvalue weighted by atomic mass is 28.4. The summed E-state index contributed by atoms with van der Waals surface area (Å²) in [7, 11) is -1.91. The molecule has 0 radical (unpaired) electrons. The van der Waals surface area contributed by atoms with E-state index in [1.54, 1.807) is 0 Å². The van der Waals surface area contributed by atoms with Crippen LogP contribution in [0.25, 0.3) is 0 Å². The third kappa shape index (κ3) is 4.77. The molecule has 100 valence electrons. The van der Waals surface area contributed by atoms with Gasteiger partial charge < -0.3 is 13.8 Å². The molecule has 1 heterocycles. The Balaban J connectivity index is 2.33. The van der Waals surface area contributed by atoms with E-state index in [1.165, 1.54) is 0 Å². The van der Waals surface area contributed by atoms with Crippen molar-refractivity contribution in [1.82, 2.24) is 4.90 Å². The van der Waals surface area contributed by atoms with Crippen molar-refractivity contribution in [2.45, 2.75) is 39.3 Å². The number of nitrogens with zero attached hydrogens (tertiary/aromatic N) is 2. The normalized spacial score (nSPS) is 15.8. The molecule has 0 spiro atoms.